The summed E-state index contributed by atoms with van der Waals surface area (Å²) in [6, 6.07) is 0. The van der Waals surface area contributed by atoms with Crippen molar-refractivity contribution in [2.24, 2.45) is 0 Å². The van der Waals surface area contributed by atoms with Crippen LogP contribution >= 0.6 is 0 Å². The van der Waals surface area contributed by atoms with Gasteiger partial charge in [-0.25, -0.2) is 4.79 Å². The number of aromatic nitrogens is 2. The number of hydrogen-bond acceptors (Lipinski definition) is 2. The van der Waals surface area contributed by atoms with Crippen molar-refractivity contribution in [3.8, 4) is 0 Å². The van der Waals surface area contributed by atoms with E-state index in [1.165, 1.54) is 0 Å². The van der Waals surface area contributed by atoms with Crippen LogP contribution in [0.5, 0.6) is 0 Å². The molecular formula is C8H9F3N2O2. The topological polar surface area (TPSA) is 54.9 Å². The summed E-state index contributed by atoms with van der Waals surface area (Å²) < 4.78 is 36.5. The van der Waals surface area contributed by atoms with Crippen molar-refractivity contribution in [2.45, 2.75) is 26.1 Å². The zero-order valence-corrected chi connectivity index (χ0v) is 7.89. The smallest absolute Gasteiger partial charge is 0.291 e. The number of nitrogens with one attached hydrogen (secondary N) is 1. The van der Waals surface area contributed by atoms with E-state index in [0.29, 0.717) is 4.57 Å². The molecule has 1 aromatic heterocycles. The molecule has 1 heterocycles. The van der Waals surface area contributed by atoms with Crippen molar-refractivity contribution in [3.05, 3.63) is 32.6 Å². The number of hydrogen-bond donors (Lipinski definition) is 1. The highest BCUT2D eigenvalue weighted by Crippen LogP contribution is 2.15. The van der Waals surface area contributed by atoms with E-state index in [1.807, 2.05) is 4.98 Å². The van der Waals surface area contributed by atoms with Crippen LogP contribution < -0.4 is 11.2 Å². The van der Waals surface area contributed by atoms with Gasteiger partial charge in [0.1, 0.15) is 6.54 Å². The number of rotatable bonds is 2. The van der Waals surface area contributed by atoms with E-state index in [1.54, 1.807) is 6.92 Å². The van der Waals surface area contributed by atoms with Crippen LogP contribution in [0, 0.1) is 0 Å². The van der Waals surface area contributed by atoms with Gasteiger partial charge in [0.05, 0.1) is 0 Å². The largest absolute Gasteiger partial charge is 0.406 e. The third-order valence-corrected chi connectivity index (χ3v) is 1.82. The first-order chi connectivity index (χ1) is 6.83. The maximum Gasteiger partial charge on any atom is 0.406 e. The van der Waals surface area contributed by atoms with Crippen LogP contribution in [-0.2, 0) is 13.0 Å². The van der Waals surface area contributed by atoms with Crippen LogP contribution in [0.3, 0.4) is 0 Å². The third-order valence-electron chi connectivity index (χ3n) is 1.82. The second kappa shape index (κ2) is 3.92. The summed E-state index contributed by atoms with van der Waals surface area (Å²) in [7, 11) is 0. The lowest BCUT2D eigenvalue weighted by Crippen LogP contribution is -2.35. The predicted molar refractivity (Wildman–Crippen MR) is 46.8 cm³/mol. The summed E-state index contributed by atoms with van der Waals surface area (Å²) >= 11 is 0. The van der Waals surface area contributed by atoms with Gasteiger partial charge >= 0.3 is 11.9 Å². The molecule has 0 aromatic carbocycles. The van der Waals surface area contributed by atoms with E-state index in [9.17, 15) is 22.8 Å². The van der Waals surface area contributed by atoms with E-state index in [-0.39, 0.29) is 12.0 Å². The number of alkyl halides is 3. The Morgan fingerprint density at radius 1 is 1.40 bits per heavy atom. The monoisotopic (exact) mass is 222 g/mol. The Bertz CT molecular complexity index is 458. The molecular weight excluding hydrogens is 213 g/mol. The number of aromatic amines is 1. The molecule has 1 N–H and O–H groups in total. The van der Waals surface area contributed by atoms with Gasteiger partial charge in [-0.3, -0.25) is 14.3 Å². The van der Waals surface area contributed by atoms with Gasteiger partial charge < -0.3 is 0 Å². The first-order valence-electron chi connectivity index (χ1n) is 4.23. The molecule has 0 bridgehead atoms. The van der Waals surface area contributed by atoms with Crippen molar-refractivity contribution >= 4 is 0 Å². The minimum Gasteiger partial charge on any atom is -0.291 e. The summed E-state index contributed by atoms with van der Waals surface area (Å²) in [5, 5.41) is 0. The first-order valence-corrected chi connectivity index (χ1v) is 4.23. The van der Waals surface area contributed by atoms with Crippen LogP contribution in [0.15, 0.2) is 15.8 Å². The number of aryl methyl sites for hydroxylation is 1. The molecule has 0 atom stereocenters. The first kappa shape index (κ1) is 11.5. The highest BCUT2D eigenvalue weighted by molar-refractivity contribution is 5.03. The number of H-pyrrole nitrogens is 1. The molecule has 4 nitrogen and oxygen atoms in total. The van der Waals surface area contributed by atoms with Crippen LogP contribution in [-0.4, -0.2) is 15.7 Å². The average Bonchev–Trinajstić information content (AvgIpc) is 2.07. The quantitative estimate of drug-likeness (QED) is 0.799. The fourth-order valence-corrected chi connectivity index (χ4v) is 1.12. The Labute approximate surface area is 82.4 Å². The molecule has 7 heteroatoms. The van der Waals surface area contributed by atoms with Gasteiger partial charge in [0.15, 0.2) is 0 Å². The third kappa shape index (κ3) is 2.97. The maximum atomic E-state index is 12.0. The van der Waals surface area contributed by atoms with Crippen LogP contribution in [0.2, 0.25) is 0 Å². The molecule has 0 spiro atoms. The minimum absolute atomic E-state index is 0.152. The fraction of sp³-hybridized carbons (Fsp3) is 0.500. The normalized spacial score (nSPS) is 11.7. The molecule has 1 rings (SSSR count). The van der Waals surface area contributed by atoms with Gasteiger partial charge in [0, 0.05) is 11.8 Å². The van der Waals surface area contributed by atoms with E-state index < -0.39 is 24.0 Å². The van der Waals surface area contributed by atoms with Crippen molar-refractivity contribution in [2.75, 3.05) is 0 Å². The molecule has 0 saturated carbocycles. The van der Waals surface area contributed by atoms with Crippen molar-refractivity contribution < 1.29 is 13.2 Å². The molecule has 0 aliphatic rings. The van der Waals surface area contributed by atoms with E-state index in [0.717, 1.165) is 6.20 Å². The Hall–Kier alpha value is -1.53. The summed E-state index contributed by atoms with van der Waals surface area (Å²) in [4.78, 5) is 23.9. The van der Waals surface area contributed by atoms with Crippen LogP contribution in [0.25, 0.3) is 0 Å². The molecule has 84 valence electrons. The SMILES string of the molecule is CCc1cn(CC(F)(F)F)c(=O)[nH]c1=O. The number of nitrogens with zero attached hydrogens (tertiary/aromatic N) is 1. The van der Waals surface area contributed by atoms with Gasteiger partial charge in [-0.1, -0.05) is 6.92 Å². The van der Waals surface area contributed by atoms with Crippen molar-refractivity contribution in [1.82, 2.24) is 9.55 Å². The molecule has 0 fully saturated rings. The second-order valence-corrected chi connectivity index (χ2v) is 3.01. The second-order valence-electron chi connectivity index (χ2n) is 3.01. The van der Waals surface area contributed by atoms with Crippen molar-refractivity contribution in [1.29, 1.82) is 0 Å². The predicted octanol–water partition coefficient (Wildman–Crippen LogP) is 0.661. The van der Waals surface area contributed by atoms with Gasteiger partial charge in [-0.05, 0) is 6.42 Å². The molecule has 0 radical (unpaired) electrons. The lowest BCUT2D eigenvalue weighted by Gasteiger charge is -2.09. The minimum atomic E-state index is -4.48. The fourth-order valence-electron chi connectivity index (χ4n) is 1.12. The number of halogens is 3. The molecule has 1 aromatic rings. The standard InChI is InChI=1S/C8H9F3N2O2/c1-2-5-3-13(4-8(9,10)11)7(15)12-6(5)14/h3H,2,4H2,1H3,(H,12,14,15). The van der Waals surface area contributed by atoms with E-state index in [4.69, 9.17) is 0 Å². The summed E-state index contributed by atoms with van der Waals surface area (Å²) in [5.74, 6) is 0. The molecule has 15 heavy (non-hydrogen) atoms. The lowest BCUT2D eigenvalue weighted by atomic mass is 10.3. The van der Waals surface area contributed by atoms with Crippen LogP contribution in [0.1, 0.15) is 12.5 Å². The zero-order chi connectivity index (χ0) is 11.6. The van der Waals surface area contributed by atoms with E-state index in [2.05, 4.69) is 0 Å². The molecule has 0 aliphatic carbocycles. The van der Waals surface area contributed by atoms with Crippen LogP contribution in [0.4, 0.5) is 13.2 Å². The summed E-state index contributed by atoms with van der Waals surface area (Å²) in [6.45, 7) is 0.225. The van der Waals surface area contributed by atoms with Crippen molar-refractivity contribution in [3.63, 3.8) is 0 Å². The van der Waals surface area contributed by atoms with Gasteiger partial charge in [0.25, 0.3) is 5.56 Å². The average molecular weight is 222 g/mol. The Balaban J connectivity index is 3.20. The Kier molecular flexibility index (Phi) is 3.01. The molecule has 0 unspecified atom stereocenters. The van der Waals surface area contributed by atoms with E-state index >= 15 is 0 Å². The lowest BCUT2D eigenvalue weighted by molar-refractivity contribution is -0.141. The van der Waals surface area contributed by atoms with Gasteiger partial charge in [0.2, 0.25) is 0 Å². The maximum absolute atomic E-state index is 12.0. The summed E-state index contributed by atoms with van der Waals surface area (Å²) in [5.41, 5.74) is -1.53. The zero-order valence-electron chi connectivity index (χ0n) is 7.89. The summed E-state index contributed by atoms with van der Waals surface area (Å²) in [6.07, 6.45) is -3.27. The Morgan fingerprint density at radius 3 is 2.47 bits per heavy atom. The highest BCUT2D eigenvalue weighted by Gasteiger charge is 2.28. The molecule has 0 saturated heterocycles. The Morgan fingerprint density at radius 2 is 2.00 bits per heavy atom. The highest BCUT2D eigenvalue weighted by atomic mass is 19.4. The van der Waals surface area contributed by atoms with Gasteiger partial charge in [-0.15, -0.1) is 0 Å². The molecule has 0 amide bonds. The molecule has 0 aliphatic heterocycles. The van der Waals surface area contributed by atoms with Gasteiger partial charge in [-0.2, -0.15) is 13.2 Å².